The smallest absolute Gasteiger partial charge is 0.253 e. The third-order valence-electron chi connectivity index (χ3n) is 3.45. The molecule has 0 radical (unpaired) electrons. The van der Waals surface area contributed by atoms with Crippen LogP contribution in [0, 0.1) is 0 Å². The van der Waals surface area contributed by atoms with Crippen LogP contribution < -0.4 is 11.3 Å². The molecule has 1 saturated heterocycles. The molecule has 0 spiro atoms. The third-order valence-corrected chi connectivity index (χ3v) is 3.45. The Morgan fingerprint density at radius 1 is 1.62 bits per heavy atom. The number of hydrogen-bond acceptors (Lipinski definition) is 4. The SMILES string of the molecule is CCC1CCC(C)N1C(COC)C(=O)NN. The molecule has 1 aliphatic heterocycles. The Morgan fingerprint density at radius 3 is 2.81 bits per heavy atom. The summed E-state index contributed by atoms with van der Waals surface area (Å²) in [6, 6.07) is 0.618. The first kappa shape index (κ1) is 13.4. The average Bonchev–Trinajstić information content (AvgIpc) is 2.66. The van der Waals surface area contributed by atoms with Gasteiger partial charge in [-0.05, 0) is 26.2 Å². The fourth-order valence-electron chi connectivity index (χ4n) is 2.62. The molecule has 5 heteroatoms. The van der Waals surface area contributed by atoms with E-state index in [-0.39, 0.29) is 11.9 Å². The Kier molecular flexibility index (Phi) is 5.18. The standard InChI is InChI=1S/C11H23N3O2/c1-4-9-6-5-8(2)14(9)10(7-16-3)11(15)13-12/h8-10H,4-7,12H2,1-3H3,(H,13,15). The van der Waals surface area contributed by atoms with Crippen molar-refractivity contribution in [3.05, 3.63) is 0 Å². The van der Waals surface area contributed by atoms with Crippen LogP contribution in [-0.2, 0) is 9.53 Å². The van der Waals surface area contributed by atoms with Gasteiger partial charge in [0.15, 0.2) is 0 Å². The molecule has 1 fully saturated rings. The Hall–Kier alpha value is -0.650. The van der Waals surface area contributed by atoms with E-state index >= 15 is 0 Å². The monoisotopic (exact) mass is 229 g/mol. The van der Waals surface area contributed by atoms with Crippen LogP contribution in [0.25, 0.3) is 0 Å². The molecule has 1 amide bonds. The minimum atomic E-state index is -0.266. The van der Waals surface area contributed by atoms with Crippen molar-refractivity contribution in [3.8, 4) is 0 Å². The molecule has 0 aliphatic carbocycles. The van der Waals surface area contributed by atoms with Gasteiger partial charge in [-0.1, -0.05) is 6.92 Å². The van der Waals surface area contributed by atoms with Gasteiger partial charge in [0.25, 0.3) is 5.91 Å². The molecule has 94 valence electrons. The molecule has 16 heavy (non-hydrogen) atoms. The zero-order chi connectivity index (χ0) is 12.1. The van der Waals surface area contributed by atoms with Crippen LogP contribution in [0.15, 0.2) is 0 Å². The molecule has 1 heterocycles. The van der Waals surface area contributed by atoms with Crippen molar-refractivity contribution in [1.29, 1.82) is 0 Å². The maximum absolute atomic E-state index is 11.7. The largest absolute Gasteiger partial charge is 0.383 e. The van der Waals surface area contributed by atoms with Crippen molar-refractivity contribution in [3.63, 3.8) is 0 Å². The van der Waals surface area contributed by atoms with Crippen molar-refractivity contribution in [2.75, 3.05) is 13.7 Å². The fourth-order valence-corrected chi connectivity index (χ4v) is 2.62. The first-order valence-corrected chi connectivity index (χ1v) is 5.92. The van der Waals surface area contributed by atoms with Crippen LogP contribution in [0.4, 0.5) is 0 Å². The summed E-state index contributed by atoms with van der Waals surface area (Å²) in [7, 11) is 1.61. The predicted octanol–water partition coefficient (Wildman–Crippen LogP) is 0.254. The van der Waals surface area contributed by atoms with Crippen molar-refractivity contribution in [2.45, 2.75) is 51.2 Å². The van der Waals surface area contributed by atoms with E-state index in [9.17, 15) is 4.79 Å². The number of hydrazine groups is 1. The molecule has 3 atom stereocenters. The quantitative estimate of drug-likeness (QED) is 0.403. The Labute approximate surface area is 97.3 Å². The Balaban J connectivity index is 2.78. The lowest BCUT2D eigenvalue weighted by Crippen LogP contribution is -2.54. The molecule has 0 bridgehead atoms. The number of nitrogens with one attached hydrogen (secondary N) is 1. The van der Waals surface area contributed by atoms with Crippen molar-refractivity contribution < 1.29 is 9.53 Å². The summed E-state index contributed by atoms with van der Waals surface area (Å²) in [6.07, 6.45) is 3.34. The van der Waals surface area contributed by atoms with Crippen LogP contribution >= 0.6 is 0 Å². The van der Waals surface area contributed by atoms with Crippen molar-refractivity contribution in [2.24, 2.45) is 5.84 Å². The lowest BCUT2D eigenvalue weighted by molar-refractivity contribution is -0.129. The summed E-state index contributed by atoms with van der Waals surface area (Å²) in [5, 5.41) is 0. The van der Waals surface area contributed by atoms with E-state index in [2.05, 4.69) is 24.2 Å². The van der Waals surface area contributed by atoms with Gasteiger partial charge in [0.2, 0.25) is 0 Å². The number of ether oxygens (including phenoxy) is 1. The summed E-state index contributed by atoms with van der Waals surface area (Å²) in [5.41, 5.74) is 2.23. The number of nitrogens with two attached hydrogens (primary N) is 1. The molecule has 5 nitrogen and oxygen atoms in total. The molecular formula is C11H23N3O2. The van der Waals surface area contributed by atoms with Crippen LogP contribution in [0.3, 0.4) is 0 Å². The number of likely N-dealkylation sites (tertiary alicyclic amines) is 1. The van der Waals surface area contributed by atoms with Crippen molar-refractivity contribution >= 4 is 5.91 Å². The highest BCUT2D eigenvalue weighted by Crippen LogP contribution is 2.28. The summed E-state index contributed by atoms with van der Waals surface area (Å²) >= 11 is 0. The maximum atomic E-state index is 11.7. The minimum Gasteiger partial charge on any atom is -0.383 e. The van der Waals surface area contributed by atoms with Gasteiger partial charge in [-0.25, -0.2) is 5.84 Å². The van der Waals surface area contributed by atoms with E-state index in [1.54, 1.807) is 7.11 Å². The van der Waals surface area contributed by atoms with Gasteiger partial charge in [0.1, 0.15) is 6.04 Å². The Morgan fingerprint density at radius 2 is 2.31 bits per heavy atom. The highest BCUT2D eigenvalue weighted by molar-refractivity contribution is 5.81. The van der Waals surface area contributed by atoms with Gasteiger partial charge < -0.3 is 4.74 Å². The van der Waals surface area contributed by atoms with Crippen LogP contribution in [0.5, 0.6) is 0 Å². The van der Waals surface area contributed by atoms with E-state index < -0.39 is 0 Å². The van der Waals surface area contributed by atoms with Gasteiger partial charge in [-0.3, -0.25) is 15.1 Å². The highest BCUT2D eigenvalue weighted by Gasteiger charge is 2.37. The molecule has 0 aromatic rings. The summed E-state index contributed by atoms with van der Waals surface area (Å²) < 4.78 is 5.12. The van der Waals surface area contributed by atoms with Crippen LogP contribution in [-0.4, -0.2) is 42.6 Å². The topological polar surface area (TPSA) is 67.6 Å². The van der Waals surface area contributed by atoms with Crippen LogP contribution in [0.1, 0.15) is 33.1 Å². The minimum absolute atomic E-state index is 0.158. The van der Waals surface area contributed by atoms with Gasteiger partial charge >= 0.3 is 0 Å². The Bertz CT molecular complexity index is 235. The van der Waals surface area contributed by atoms with Crippen LogP contribution in [0.2, 0.25) is 0 Å². The zero-order valence-corrected chi connectivity index (χ0v) is 10.4. The number of rotatable bonds is 5. The maximum Gasteiger partial charge on any atom is 0.253 e. The molecule has 0 saturated carbocycles. The van der Waals surface area contributed by atoms with Gasteiger partial charge in [-0.15, -0.1) is 0 Å². The lowest BCUT2D eigenvalue weighted by atomic mass is 10.1. The lowest BCUT2D eigenvalue weighted by Gasteiger charge is -2.34. The fraction of sp³-hybridized carbons (Fsp3) is 0.909. The second-order valence-electron chi connectivity index (χ2n) is 4.42. The summed E-state index contributed by atoms with van der Waals surface area (Å²) in [4.78, 5) is 14.0. The highest BCUT2D eigenvalue weighted by atomic mass is 16.5. The third kappa shape index (κ3) is 2.72. The van der Waals surface area contributed by atoms with E-state index in [4.69, 9.17) is 10.6 Å². The number of carbonyl (C=O) groups is 1. The molecular weight excluding hydrogens is 206 g/mol. The average molecular weight is 229 g/mol. The molecule has 1 aliphatic rings. The molecule has 0 aromatic carbocycles. The van der Waals surface area contributed by atoms with E-state index in [0.29, 0.717) is 18.7 Å². The number of carbonyl (C=O) groups excluding carboxylic acids is 1. The van der Waals surface area contributed by atoms with E-state index in [1.807, 2.05) is 0 Å². The number of hydrogen-bond donors (Lipinski definition) is 2. The van der Waals surface area contributed by atoms with E-state index in [1.165, 1.54) is 0 Å². The number of nitrogens with zero attached hydrogens (tertiary/aromatic N) is 1. The number of methoxy groups -OCH3 is 1. The normalized spacial score (nSPS) is 28.0. The zero-order valence-electron chi connectivity index (χ0n) is 10.4. The van der Waals surface area contributed by atoms with Gasteiger partial charge in [0.05, 0.1) is 6.61 Å². The van der Waals surface area contributed by atoms with Gasteiger partial charge in [0, 0.05) is 19.2 Å². The molecule has 3 N–H and O–H groups in total. The second-order valence-corrected chi connectivity index (χ2v) is 4.42. The first-order chi connectivity index (χ1) is 7.65. The first-order valence-electron chi connectivity index (χ1n) is 5.92. The second kappa shape index (κ2) is 6.18. The van der Waals surface area contributed by atoms with Gasteiger partial charge in [-0.2, -0.15) is 0 Å². The van der Waals surface area contributed by atoms with E-state index in [0.717, 1.165) is 19.3 Å². The van der Waals surface area contributed by atoms with Crippen molar-refractivity contribution in [1.82, 2.24) is 10.3 Å². The summed E-state index contributed by atoms with van der Waals surface area (Å²) in [5.74, 6) is 5.06. The molecule has 0 aromatic heterocycles. The number of amides is 1. The molecule has 1 rings (SSSR count). The predicted molar refractivity (Wildman–Crippen MR) is 62.6 cm³/mol. The molecule has 3 unspecified atom stereocenters. The summed E-state index contributed by atoms with van der Waals surface area (Å²) in [6.45, 7) is 4.70.